The van der Waals surface area contributed by atoms with Gasteiger partial charge in [-0.05, 0) is 46.1 Å². The maximum absolute atomic E-state index is 12.3. The van der Waals surface area contributed by atoms with Gasteiger partial charge in [0.05, 0.1) is 12.5 Å². The fraction of sp³-hybridized carbons (Fsp3) is 0.800. The average Bonchev–Trinajstić information content (AvgIpc) is 2.79. The quantitative estimate of drug-likeness (QED) is 0.745. The lowest BCUT2D eigenvalue weighted by Gasteiger charge is -2.25. The third kappa shape index (κ3) is 5.18. The van der Waals surface area contributed by atoms with Crippen molar-refractivity contribution in [1.29, 1.82) is 0 Å². The molecule has 8 heteroatoms. The summed E-state index contributed by atoms with van der Waals surface area (Å²) < 4.78 is 9.96. The lowest BCUT2D eigenvalue weighted by atomic mass is 10.0. The number of carbonyl (C=O) groups is 1. The molecule has 1 aliphatic heterocycles. The van der Waals surface area contributed by atoms with Crippen molar-refractivity contribution in [2.45, 2.75) is 25.8 Å². The zero-order chi connectivity index (χ0) is 16.8. The van der Waals surface area contributed by atoms with Gasteiger partial charge in [0, 0.05) is 19.1 Å². The minimum atomic E-state index is 0.0282. The van der Waals surface area contributed by atoms with Gasteiger partial charge in [0.2, 0.25) is 5.91 Å². The molecular formula is C15H27N5O3. The van der Waals surface area contributed by atoms with Gasteiger partial charge in [-0.25, -0.2) is 4.63 Å². The number of nitrogens with zero attached hydrogens (tertiary/aromatic N) is 4. The molecule has 1 fully saturated rings. The molecule has 1 aromatic rings. The fourth-order valence-electron chi connectivity index (χ4n) is 2.84. The molecule has 130 valence electrons. The summed E-state index contributed by atoms with van der Waals surface area (Å²) in [7, 11) is 6.26. The number of likely N-dealkylation sites (N-methyl/N-ethyl adjacent to an activating group) is 2. The van der Waals surface area contributed by atoms with E-state index in [9.17, 15) is 4.79 Å². The van der Waals surface area contributed by atoms with E-state index in [0.717, 1.165) is 25.9 Å². The number of aryl methyl sites for hydroxylation is 1. The van der Waals surface area contributed by atoms with Crippen LogP contribution >= 0.6 is 0 Å². The summed E-state index contributed by atoms with van der Waals surface area (Å²) in [6, 6.07) is 0.503. The Morgan fingerprint density at radius 1 is 1.39 bits per heavy atom. The van der Waals surface area contributed by atoms with Crippen LogP contribution in [0.1, 0.15) is 18.5 Å². The Hall–Kier alpha value is -1.67. The highest BCUT2D eigenvalue weighted by Crippen LogP contribution is 2.18. The van der Waals surface area contributed by atoms with E-state index in [1.54, 1.807) is 6.92 Å². The number of ether oxygens (including phenoxy) is 1. The lowest BCUT2D eigenvalue weighted by molar-refractivity contribution is -0.125. The topological polar surface area (TPSA) is 83.7 Å². The summed E-state index contributed by atoms with van der Waals surface area (Å²) in [5, 5.41) is 10.2. The smallest absolute Gasteiger partial charge is 0.278 e. The monoisotopic (exact) mass is 325 g/mol. The Kier molecular flexibility index (Phi) is 6.35. The van der Waals surface area contributed by atoms with Crippen LogP contribution in [-0.2, 0) is 4.79 Å². The molecule has 0 radical (unpaired) electrons. The standard InChI is InChI=1S/C15H27N5O3/c1-11-15(18-23-17-11)22-8-7-16-14(21)12-5-6-13(19(2)3)10-20(4)9-12/h12-13H,5-10H2,1-4H3,(H,16,21)/t12-,13+/m1/s1. The number of carbonyl (C=O) groups excluding carboxylic acids is 1. The molecule has 1 N–H and O–H groups in total. The summed E-state index contributed by atoms with van der Waals surface area (Å²) in [6.45, 7) is 4.35. The van der Waals surface area contributed by atoms with Crippen molar-refractivity contribution in [2.24, 2.45) is 5.92 Å². The van der Waals surface area contributed by atoms with E-state index >= 15 is 0 Å². The van der Waals surface area contributed by atoms with Crippen LogP contribution in [0.5, 0.6) is 5.88 Å². The Morgan fingerprint density at radius 2 is 2.17 bits per heavy atom. The molecular weight excluding hydrogens is 298 g/mol. The first-order valence-electron chi connectivity index (χ1n) is 8.02. The lowest BCUT2D eigenvalue weighted by Crippen LogP contribution is -2.39. The molecule has 0 aromatic carbocycles. The van der Waals surface area contributed by atoms with E-state index in [-0.39, 0.29) is 11.8 Å². The molecule has 0 spiro atoms. The van der Waals surface area contributed by atoms with Gasteiger partial charge >= 0.3 is 0 Å². The molecule has 1 saturated heterocycles. The first-order valence-corrected chi connectivity index (χ1v) is 8.02. The van der Waals surface area contributed by atoms with Crippen LogP contribution in [0.25, 0.3) is 0 Å². The van der Waals surface area contributed by atoms with Gasteiger partial charge in [-0.1, -0.05) is 5.16 Å². The fourth-order valence-corrected chi connectivity index (χ4v) is 2.84. The maximum Gasteiger partial charge on any atom is 0.278 e. The molecule has 2 rings (SSSR count). The highest BCUT2D eigenvalue weighted by atomic mass is 16.6. The number of rotatable bonds is 6. The van der Waals surface area contributed by atoms with E-state index in [1.807, 2.05) is 0 Å². The first-order chi connectivity index (χ1) is 11.0. The second kappa shape index (κ2) is 8.26. The van der Waals surface area contributed by atoms with Crippen LogP contribution < -0.4 is 10.1 Å². The Morgan fingerprint density at radius 3 is 2.83 bits per heavy atom. The number of amides is 1. The highest BCUT2D eigenvalue weighted by molar-refractivity contribution is 5.78. The molecule has 2 atom stereocenters. The number of nitrogens with one attached hydrogen (secondary N) is 1. The second-order valence-electron chi connectivity index (χ2n) is 6.41. The predicted molar refractivity (Wildman–Crippen MR) is 85.2 cm³/mol. The van der Waals surface area contributed by atoms with E-state index in [4.69, 9.17) is 4.74 Å². The number of hydrogen-bond acceptors (Lipinski definition) is 7. The van der Waals surface area contributed by atoms with Gasteiger partial charge in [0.15, 0.2) is 0 Å². The predicted octanol–water partition coefficient (Wildman–Crippen LogP) is 0.145. The minimum absolute atomic E-state index is 0.0282. The van der Waals surface area contributed by atoms with Crippen LogP contribution in [0.3, 0.4) is 0 Å². The van der Waals surface area contributed by atoms with Crippen LogP contribution in [-0.4, -0.2) is 79.4 Å². The molecule has 8 nitrogen and oxygen atoms in total. The minimum Gasteiger partial charge on any atom is -0.472 e. The Balaban J connectivity index is 1.73. The first kappa shape index (κ1) is 17.7. The van der Waals surface area contributed by atoms with Gasteiger partial charge in [-0.2, -0.15) is 0 Å². The summed E-state index contributed by atoms with van der Waals surface area (Å²) in [4.78, 5) is 16.8. The highest BCUT2D eigenvalue weighted by Gasteiger charge is 2.27. The van der Waals surface area contributed by atoms with E-state index in [1.165, 1.54) is 0 Å². The van der Waals surface area contributed by atoms with Crippen molar-refractivity contribution in [2.75, 3.05) is 47.4 Å². The summed E-state index contributed by atoms with van der Waals surface area (Å²) in [6.07, 6.45) is 1.95. The van der Waals surface area contributed by atoms with Gasteiger partial charge < -0.3 is 19.9 Å². The van der Waals surface area contributed by atoms with Crippen LogP contribution in [0.4, 0.5) is 0 Å². The van der Waals surface area contributed by atoms with Crippen molar-refractivity contribution in [3.05, 3.63) is 5.69 Å². The van der Waals surface area contributed by atoms with Crippen molar-refractivity contribution in [3.8, 4) is 5.88 Å². The summed E-state index contributed by atoms with van der Waals surface area (Å²) in [5.41, 5.74) is 0.608. The molecule has 0 saturated carbocycles. The summed E-state index contributed by atoms with van der Waals surface area (Å²) >= 11 is 0. The second-order valence-corrected chi connectivity index (χ2v) is 6.41. The zero-order valence-corrected chi connectivity index (χ0v) is 14.4. The molecule has 2 heterocycles. The summed E-state index contributed by atoms with van der Waals surface area (Å²) in [5.74, 6) is 0.498. The molecule has 1 aromatic heterocycles. The van der Waals surface area contributed by atoms with E-state index in [2.05, 4.69) is 51.2 Å². The van der Waals surface area contributed by atoms with Crippen LogP contribution in [0.2, 0.25) is 0 Å². The molecule has 0 aliphatic carbocycles. The third-order valence-corrected chi connectivity index (χ3v) is 4.25. The van der Waals surface area contributed by atoms with Crippen LogP contribution in [0.15, 0.2) is 4.63 Å². The van der Waals surface area contributed by atoms with Crippen LogP contribution in [0, 0.1) is 12.8 Å². The van der Waals surface area contributed by atoms with Crippen molar-refractivity contribution in [3.63, 3.8) is 0 Å². The molecule has 0 unspecified atom stereocenters. The van der Waals surface area contributed by atoms with Gasteiger partial charge in [0.25, 0.3) is 5.88 Å². The average molecular weight is 325 g/mol. The SMILES string of the molecule is Cc1nonc1OCCNC(=O)[C@@H]1CC[C@H](N(C)C)CN(C)C1. The van der Waals surface area contributed by atoms with Gasteiger partial charge in [-0.3, -0.25) is 4.79 Å². The molecule has 1 amide bonds. The normalized spacial score (nSPS) is 22.8. The number of aromatic nitrogens is 2. The Labute approximate surface area is 137 Å². The Bertz CT molecular complexity index is 505. The van der Waals surface area contributed by atoms with E-state index < -0.39 is 0 Å². The van der Waals surface area contributed by atoms with Crippen molar-refractivity contribution >= 4 is 5.91 Å². The third-order valence-electron chi connectivity index (χ3n) is 4.25. The zero-order valence-electron chi connectivity index (χ0n) is 14.4. The maximum atomic E-state index is 12.3. The largest absolute Gasteiger partial charge is 0.472 e. The number of likely N-dealkylation sites (tertiary alicyclic amines) is 1. The van der Waals surface area contributed by atoms with Gasteiger partial charge in [0.1, 0.15) is 12.3 Å². The van der Waals surface area contributed by atoms with Crippen molar-refractivity contribution < 1.29 is 14.2 Å². The number of hydrogen-bond donors (Lipinski definition) is 1. The van der Waals surface area contributed by atoms with Gasteiger partial charge in [-0.15, -0.1) is 0 Å². The molecule has 23 heavy (non-hydrogen) atoms. The molecule has 1 aliphatic rings. The van der Waals surface area contributed by atoms with Crippen molar-refractivity contribution in [1.82, 2.24) is 25.4 Å². The molecule has 0 bridgehead atoms. The van der Waals surface area contributed by atoms with E-state index in [0.29, 0.717) is 30.8 Å².